The Morgan fingerprint density at radius 1 is 0.659 bits per heavy atom. The van der Waals surface area contributed by atoms with Crippen LogP contribution in [0.2, 0.25) is 0 Å². The van der Waals surface area contributed by atoms with Gasteiger partial charge in [0.2, 0.25) is 5.52 Å². The van der Waals surface area contributed by atoms with Gasteiger partial charge in [0.25, 0.3) is 0 Å². The van der Waals surface area contributed by atoms with Crippen LogP contribution in [0, 0.1) is 0 Å². The summed E-state index contributed by atoms with van der Waals surface area (Å²) in [6.45, 7) is 0.877. The molecule has 0 radical (unpaired) electrons. The molecule has 0 aliphatic heterocycles. The van der Waals surface area contributed by atoms with Gasteiger partial charge in [0, 0.05) is 34.0 Å². The predicted molar refractivity (Wildman–Crippen MR) is 166 cm³/mol. The Kier molecular flexibility index (Phi) is 7.76. The topological polar surface area (TPSA) is 104 Å². The van der Waals surface area contributed by atoms with Crippen LogP contribution in [-0.2, 0) is 13.0 Å². The highest BCUT2D eigenvalue weighted by Crippen LogP contribution is 2.33. The second kappa shape index (κ2) is 11.8. The van der Waals surface area contributed by atoms with Gasteiger partial charge in [-0.2, -0.15) is 4.57 Å². The van der Waals surface area contributed by atoms with Crippen molar-refractivity contribution < 1.29 is 41.4 Å². The van der Waals surface area contributed by atoms with Crippen LogP contribution in [0.25, 0.3) is 54.6 Å². The molecule has 7 rings (SSSR count). The molecule has 3 aromatic heterocycles. The number of benzene rings is 4. The Morgan fingerprint density at radius 3 is 2.11 bits per heavy atom. The first-order valence-corrected chi connectivity index (χ1v) is 14.1. The molecule has 0 saturated heterocycles. The summed E-state index contributed by atoms with van der Waals surface area (Å²) in [5.74, 6) is -2.32. The highest BCUT2D eigenvalue weighted by Gasteiger charge is 2.17. The van der Waals surface area contributed by atoms with E-state index in [1.54, 1.807) is 12.1 Å². The van der Waals surface area contributed by atoms with E-state index >= 15 is 0 Å². The highest BCUT2D eigenvalue weighted by molar-refractivity contribution is 6.10. The Balaban J connectivity index is 0.00000343. The average Bonchev–Trinajstić information content (AvgIpc) is 3.04. The van der Waals surface area contributed by atoms with Crippen LogP contribution in [-0.4, -0.2) is 32.1 Å². The van der Waals surface area contributed by atoms with E-state index in [2.05, 4.69) is 81.4 Å². The number of carboxylic acids is 2. The molecule has 0 spiro atoms. The Hall–Kier alpha value is -5.21. The van der Waals surface area contributed by atoms with Crippen molar-refractivity contribution in [3.05, 3.63) is 126 Å². The normalized spacial score (nSPS) is 11.2. The fourth-order valence-corrected chi connectivity index (χ4v) is 5.87. The number of aromatic nitrogens is 3. The molecule has 0 aliphatic rings. The van der Waals surface area contributed by atoms with E-state index in [9.17, 15) is 19.8 Å². The minimum Gasteiger partial charge on any atom is -1.00 e. The van der Waals surface area contributed by atoms with Crippen molar-refractivity contribution in [3.8, 4) is 11.1 Å². The molecule has 0 saturated carbocycles. The third kappa shape index (κ3) is 5.24. The summed E-state index contributed by atoms with van der Waals surface area (Å²) in [5.41, 5.74) is 4.43. The van der Waals surface area contributed by atoms with Crippen molar-refractivity contribution in [1.82, 2.24) is 9.97 Å². The first-order chi connectivity index (χ1) is 21.0. The third-order valence-electron chi connectivity index (χ3n) is 7.97. The molecule has 216 valence electrons. The van der Waals surface area contributed by atoms with E-state index < -0.39 is 11.9 Å². The standard InChI is InChI=1S/C36H25N3O4.BrH/c40-35(41)30-18-16-24-15-17-28-29(20-31(36(42)43)38-34(28)33(24)37-30)23-13-11-22(12-14-23)6-5-19-39-21-25-7-1-2-8-26(25)27-9-3-4-10-32(27)39;/h1-4,7-18,20-21H,5-6,19H2,(H-,40,41,42,43);1H. The lowest BCUT2D eigenvalue weighted by atomic mass is 9.97. The van der Waals surface area contributed by atoms with Crippen LogP contribution in [0.1, 0.15) is 33.0 Å². The predicted octanol–water partition coefficient (Wildman–Crippen LogP) is 4.08. The summed E-state index contributed by atoms with van der Waals surface area (Å²) < 4.78 is 2.33. The van der Waals surface area contributed by atoms with Crippen LogP contribution < -0.4 is 21.5 Å². The van der Waals surface area contributed by atoms with Crippen LogP contribution >= 0.6 is 0 Å². The number of halogens is 1. The van der Waals surface area contributed by atoms with E-state index in [0.717, 1.165) is 24.9 Å². The average molecular weight is 645 g/mol. The Morgan fingerprint density at radius 2 is 1.34 bits per heavy atom. The Labute approximate surface area is 262 Å². The fraction of sp³-hybridized carbons (Fsp3) is 0.0833. The van der Waals surface area contributed by atoms with Gasteiger partial charge in [0.1, 0.15) is 17.9 Å². The molecule has 8 heteroatoms. The molecule has 3 heterocycles. The molecule has 0 fully saturated rings. The lowest BCUT2D eigenvalue weighted by molar-refractivity contribution is -0.670. The molecule has 0 bridgehead atoms. The molecular formula is C36H26BrN3O4. The van der Waals surface area contributed by atoms with Crippen molar-refractivity contribution >= 4 is 55.4 Å². The summed E-state index contributed by atoms with van der Waals surface area (Å²) in [6.07, 6.45) is 4.07. The van der Waals surface area contributed by atoms with Crippen molar-refractivity contribution in [2.45, 2.75) is 19.4 Å². The lowest BCUT2D eigenvalue weighted by Gasteiger charge is -2.11. The number of rotatable bonds is 7. The number of pyridine rings is 3. The summed E-state index contributed by atoms with van der Waals surface area (Å²) in [4.78, 5) is 32.2. The van der Waals surface area contributed by atoms with Gasteiger partial charge in [-0.3, -0.25) is 0 Å². The first-order valence-electron chi connectivity index (χ1n) is 14.1. The molecule has 2 N–H and O–H groups in total. The van der Waals surface area contributed by atoms with Crippen molar-refractivity contribution in [1.29, 1.82) is 0 Å². The summed E-state index contributed by atoms with van der Waals surface area (Å²) >= 11 is 0. The van der Waals surface area contributed by atoms with Crippen LogP contribution in [0.4, 0.5) is 0 Å². The van der Waals surface area contributed by atoms with Crippen molar-refractivity contribution in [2.75, 3.05) is 0 Å². The number of carbonyl (C=O) groups is 2. The number of aromatic carboxylic acids is 2. The molecule has 44 heavy (non-hydrogen) atoms. The number of nitrogens with zero attached hydrogens (tertiary/aromatic N) is 3. The number of carboxylic acid groups (broad SMARTS) is 2. The zero-order valence-electron chi connectivity index (χ0n) is 23.4. The Bertz CT molecular complexity index is 2230. The van der Waals surface area contributed by atoms with Crippen molar-refractivity contribution in [3.63, 3.8) is 0 Å². The van der Waals surface area contributed by atoms with Crippen LogP contribution in [0.3, 0.4) is 0 Å². The van der Waals surface area contributed by atoms with Gasteiger partial charge in [-0.15, -0.1) is 0 Å². The summed E-state index contributed by atoms with van der Waals surface area (Å²) in [5, 5.41) is 24.4. The molecule has 0 unspecified atom stereocenters. The minimum atomic E-state index is -1.16. The zero-order chi connectivity index (χ0) is 29.5. The van der Waals surface area contributed by atoms with E-state index in [1.165, 1.54) is 33.3 Å². The molecule has 0 amide bonds. The molecular weight excluding hydrogens is 618 g/mol. The van der Waals surface area contributed by atoms with Gasteiger partial charge in [-0.25, -0.2) is 19.6 Å². The van der Waals surface area contributed by atoms with Gasteiger partial charge in [-0.05, 0) is 47.4 Å². The largest absolute Gasteiger partial charge is 1.00 e. The number of hydrogen-bond acceptors (Lipinski definition) is 4. The second-order valence-corrected chi connectivity index (χ2v) is 10.6. The minimum absolute atomic E-state index is 0. The number of hydrogen-bond donors (Lipinski definition) is 2. The molecule has 0 atom stereocenters. The maximum absolute atomic E-state index is 12.0. The smallest absolute Gasteiger partial charge is 0.354 e. The van der Waals surface area contributed by atoms with Crippen molar-refractivity contribution in [2.24, 2.45) is 0 Å². The fourth-order valence-electron chi connectivity index (χ4n) is 5.87. The van der Waals surface area contributed by atoms with E-state index in [4.69, 9.17) is 0 Å². The van der Waals surface area contributed by atoms with Gasteiger partial charge in [0.05, 0.1) is 16.4 Å². The first kappa shape index (κ1) is 28.9. The molecule has 4 aromatic carbocycles. The van der Waals surface area contributed by atoms with E-state index in [-0.39, 0.29) is 28.4 Å². The number of aryl methyl sites for hydroxylation is 2. The zero-order valence-corrected chi connectivity index (χ0v) is 25.0. The van der Waals surface area contributed by atoms with Crippen LogP contribution in [0.5, 0.6) is 0 Å². The second-order valence-electron chi connectivity index (χ2n) is 10.6. The van der Waals surface area contributed by atoms with Gasteiger partial charge >= 0.3 is 11.9 Å². The van der Waals surface area contributed by atoms with Crippen LogP contribution in [0.15, 0.2) is 109 Å². The SMILES string of the molecule is O=C(O)c1ccc2ccc3c(-c4ccc(CCC[n+]5cc6ccccc6c6ccccc65)cc4)cc(C(=O)O)nc3c2n1.[Br-]. The maximum atomic E-state index is 12.0. The molecule has 7 nitrogen and oxygen atoms in total. The lowest BCUT2D eigenvalue weighted by Crippen LogP contribution is -3.00. The number of fused-ring (bicyclic) bond motifs is 6. The molecule has 0 aliphatic carbocycles. The summed E-state index contributed by atoms with van der Waals surface area (Å²) in [7, 11) is 0. The molecule has 7 aromatic rings. The van der Waals surface area contributed by atoms with E-state index in [1.807, 2.05) is 24.3 Å². The third-order valence-corrected chi connectivity index (χ3v) is 7.97. The quantitative estimate of drug-likeness (QED) is 0.200. The highest BCUT2D eigenvalue weighted by atomic mass is 79.9. The van der Waals surface area contributed by atoms with Gasteiger partial charge in [0.15, 0.2) is 6.20 Å². The van der Waals surface area contributed by atoms with Gasteiger partial charge < -0.3 is 27.2 Å². The maximum Gasteiger partial charge on any atom is 0.354 e. The van der Waals surface area contributed by atoms with E-state index in [0.29, 0.717) is 27.4 Å². The van der Waals surface area contributed by atoms with Gasteiger partial charge in [-0.1, -0.05) is 72.8 Å². The summed E-state index contributed by atoms with van der Waals surface area (Å²) in [6, 6.07) is 33.5. The number of para-hydroxylation sites is 1. The monoisotopic (exact) mass is 643 g/mol.